The van der Waals surface area contributed by atoms with E-state index in [1.807, 2.05) is 24.3 Å². The molecule has 0 bridgehead atoms. The second-order valence-electron chi connectivity index (χ2n) is 5.75. The van der Waals surface area contributed by atoms with Crippen molar-refractivity contribution < 1.29 is 4.79 Å². The molecule has 0 fully saturated rings. The molecule has 0 aromatic heterocycles. The number of hydrogen-bond acceptors (Lipinski definition) is 2. The summed E-state index contributed by atoms with van der Waals surface area (Å²) in [6.07, 6.45) is 1.75. The van der Waals surface area contributed by atoms with Gasteiger partial charge in [-0.1, -0.05) is 55.5 Å². The summed E-state index contributed by atoms with van der Waals surface area (Å²) in [5.74, 6) is 0.0837. The molecular weight excluding hydrogens is 308 g/mol. The zero-order valence-corrected chi connectivity index (χ0v) is 14.2. The van der Waals surface area contributed by atoms with Crippen LogP contribution >= 0.6 is 12.4 Å². The molecule has 2 aromatic rings. The maximum Gasteiger partial charge on any atom is 0.237 e. The standard InChI is InChI=1S/C19H22N2O.ClH/c1-2-14-7-3-5-9-16(14)13-21-19(22)18-11-15-8-4-6-10-17(15)12-20-18;/h3-10,18,20H,2,11-13H2,1H3,(H,21,22);1H. The number of amides is 1. The second kappa shape index (κ2) is 8.14. The number of carbonyl (C=O) groups is 1. The number of halogens is 1. The third-order valence-electron chi connectivity index (χ3n) is 4.35. The first kappa shape index (κ1) is 17.5. The van der Waals surface area contributed by atoms with Gasteiger partial charge in [-0.15, -0.1) is 12.4 Å². The molecular formula is C19H23ClN2O. The molecule has 1 aliphatic heterocycles. The summed E-state index contributed by atoms with van der Waals surface area (Å²) in [4.78, 5) is 12.4. The smallest absolute Gasteiger partial charge is 0.237 e. The van der Waals surface area contributed by atoms with Crippen molar-refractivity contribution in [2.45, 2.75) is 38.9 Å². The van der Waals surface area contributed by atoms with Gasteiger partial charge in [0.05, 0.1) is 6.04 Å². The van der Waals surface area contributed by atoms with Gasteiger partial charge in [-0.05, 0) is 35.1 Å². The van der Waals surface area contributed by atoms with Gasteiger partial charge in [-0.25, -0.2) is 0 Å². The number of aryl methyl sites for hydroxylation is 1. The fraction of sp³-hybridized carbons (Fsp3) is 0.316. The van der Waals surface area contributed by atoms with E-state index in [1.54, 1.807) is 0 Å². The Morgan fingerprint density at radius 2 is 1.74 bits per heavy atom. The van der Waals surface area contributed by atoms with Crippen LogP contribution < -0.4 is 10.6 Å². The second-order valence-corrected chi connectivity index (χ2v) is 5.75. The van der Waals surface area contributed by atoms with Gasteiger partial charge in [-0.3, -0.25) is 4.79 Å². The third-order valence-corrected chi connectivity index (χ3v) is 4.35. The Labute approximate surface area is 143 Å². The summed E-state index contributed by atoms with van der Waals surface area (Å²) >= 11 is 0. The highest BCUT2D eigenvalue weighted by Crippen LogP contribution is 2.16. The van der Waals surface area contributed by atoms with Crippen molar-refractivity contribution in [2.24, 2.45) is 0 Å². The van der Waals surface area contributed by atoms with Crippen LogP contribution in [0.2, 0.25) is 0 Å². The van der Waals surface area contributed by atoms with Crippen LogP contribution in [0, 0.1) is 0 Å². The Kier molecular flexibility index (Phi) is 6.20. The molecule has 2 N–H and O–H groups in total. The predicted octanol–water partition coefficient (Wildman–Crippen LogP) is 3.00. The SMILES string of the molecule is CCc1ccccc1CNC(=O)C1Cc2ccccc2CN1.Cl. The molecule has 1 unspecified atom stereocenters. The number of hydrogen-bond donors (Lipinski definition) is 2. The van der Waals surface area contributed by atoms with E-state index in [2.05, 4.69) is 41.8 Å². The Morgan fingerprint density at radius 3 is 2.48 bits per heavy atom. The summed E-state index contributed by atoms with van der Waals surface area (Å²) in [7, 11) is 0. The van der Waals surface area contributed by atoms with Crippen LogP contribution in [0.4, 0.5) is 0 Å². The van der Waals surface area contributed by atoms with Crippen molar-refractivity contribution in [2.75, 3.05) is 0 Å². The summed E-state index contributed by atoms with van der Waals surface area (Å²) in [6.45, 7) is 3.50. The molecule has 0 saturated heterocycles. The number of benzene rings is 2. The fourth-order valence-electron chi connectivity index (χ4n) is 3.02. The predicted molar refractivity (Wildman–Crippen MR) is 95.7 cm³/mol. The Bertz CT molecular complexity index is 672. The minimum atomic E-state index is -0.135. The zero-order valence-electron chi connectivity index (χ0n) is 13.3. The van der Waals surface area contributed by atoms with Crippen LogP contribution in [0.5, 0.6) is 0 Å². The molecule has 4 heteroatoms. The van der Waals surface area contributed by atoms with Gasteiger partial charge in [0.25, 0.3) is 0 Å². The molecule has 0 spiro atoms. The highest BCUT2D eigenvalue weighted by molar-refractivity contribution is 5.85. The highest BCUT2D eigenvalue weighted by atomic mass is 35.5. The zero-order chi connectivity index (χ0) is 15.4. The van der Waals surface area contributed by atoms with Crippen LogP contribution in [-0.2, 0) is 30.7 Å². The maximum absolute atomic E-state index is 12.4. The van der Waals surface area contributed by atoms with Gasteiger partial charge < -0.3 is 10.6 Å². The van der Waals surface area contributed by atoms with E-state index < -0.39 is 0 Å². The van der Waals surface area contributed by atoms with Crippen LogP contribution in [0.25, 0.3) is 0 Å². The first-order chi connectivity index (χ1) is 10.8. The molecule has 122 valence electrons. The Balaban J connectivity index is 0.00000192. The highest BCUT2D eigenvalue weighted by Gasteiger charge is 2.23. The fourth-order valence-corrected chi connectivity index (χ4v) is 3.02. The molecule has 1 aliphatic rings. The van der Waals surface area contributed by atoms with Gasteiger partial charge in [0, 0.05) is 13.1 Å². The monoisotopic (exact) mass is 330 g/mol. The van der Waals surface area contributed by atoms with Crippen molar-refractivity contribution in [3.8, 4) is 0 Å². The van der Waals surface area contributed by atoms with Gasteiger partial charge in [0.2, 0.25) is 5.91 Å². The lowest BCUT2D eigenvalue weighted by Gasteiger charge is -2.25. The minimum Gasteiger partial charge on any atom is -0.351 e. The third kappa shape index (κ3) is 4.12. The lowest BCUT2D eigenvalue weighted by Crippen LogP contribution is -2.47. The van der Waals surface area contributed by atoms with E-state index in [1.165, 1.54) is 22.3 Å². The summed E-state index contributed by atoms with van der Waals surface area (Å²) in [5.41, 5.74) is 5.07. The molecule has 0 radical (unpaired) electrons. The van der Waals surface area contributed by atoms with Crippen LogP contribution in [-0.4, -0.2) is 11.9 Å². The van der Waals surface area contributed by atoms with E-state index in [0.29, 0.717) is 6.54 Å². The Hall–Kier alpha value is -1.84. The van der Waals surface area contributed by atoms with E-state index >= 15 is 0 Å². The van der Waals surface area contributed by atoms with E-state index in [4.69, 9.17) is 0 Å². The molecule has 0 saturated carbocycles. The summed E-state index contributed by atoms with van der Waals surface area (Å²) in [5, 5.41) is 6.40. The summed E-state index contributed by atoms with van der Waals surface area (Å²) < 4.78 is 0. The lowest BCUT2D eigenvalue weighted by molar-refractivity contribution is -0.123. The topological polar surface area (TPSA) is 41.1 Å². The first-order valence-electron chi connectivity index (χ1n) is 7.92. The van der Waals surface area contributed by atoms with E-state index in [9.17, 15) is 4.79 Å². The molecule has 3 nitrogen and oxygen atoms in total. The molecule has 3 rings (SSSR count). The molecule has 2 aromatic carbocycles. The van der Waals surface area contributed by atoms with Gasteiger partial charge in [0.15, 0.2) is 0 Å². The minimum absolute atomic E-state index is 0. The average Bonchev–Trinajstić information content (AvgIpc) is 2.59. The van der Waals surface area contributed by atoms with Crippen molar-refractivity contribution in [1.29, 1.82) is 0 Å². The van der Waals surface area contributed by atoms with Crippen LogP contribution in [0.15, 0.2) is 48.5 Å². The first-order valence-corrected chi connectivity index (χ1v) is 7.92. The summed E-state index contributed by atoms with van der Waals surface area (Å²) in [6, 6.07) is 16.5. The van der Waals surface area contributed by atoms with Crippen LogP contribution in [0.3, 0.4) is 0 Å². The maximum atomic E-state index is 12.4. The van der Waals surface area contributed by atoms with Crippen molar-refractivity contribution in [3.63, 3.8) is 0 Å². The molecule has 1 heterocycles. The van der Waals surface area contributed by atoms with Crippen molar-refractivity contribution >= 4 is 18.3 Å². The molecule has 0 aliphatic carbocycles. The van der Waals surface area contributed by atoms with Gasteiger partial charge in [-0.2, -0.15) is 0 Å². The largest absolute Gasteiger partial charge is 0.351 e. The van der Waals surface area contributed by atoms with E-state index in [0.717, 1.165) is 19.4 Å². The van der Waals surface area contributed by atoms with Crippen LogP contribution in [0.1, 0.15) is 29.2 Å². The quantitative estimate of drug-likeness (QED) is 0.904. The number of rotatable bonds is 4. The van der Waals surface area contributed by atoms with E-state index in [-0.39, 0.29) is 24.4 Å². The number of nitrogens with one attached hydrogen (secondary N) is 2. The molecule has 23 heavy (non-hydrogen) atoms. The Morgan fingerprint density at radius 1 is 1.09 bits per heavy atom. The molecule has 1 atom stereocenters. The number of carbonyl (C=O) groups excluding carboxylic acids is 1. The van der Waals surface area contributed by atoms with Gasteiger partial charge in [0.1, 0.15) is 0 Å². The normalized spacial score (nSPS) is 16.1. The molecule has 1 amide bonds. The van der Waals surface area contributed by atoms with Crippen molar-refractivity contribution in [1.82, 2.24) is 10.6 Å². The number of fused-ring (bicyclic) bond motifs is 1. The lowest BCUT2D eigenvalue weighted by atomic mass is 9.95. The van der Waals surface area contributed by atoms with Crippen molar-refractivity contribution in [3.05, 3.63) is 70.8 Å². The average molecular weight is 331 g/mol. The van der Waals surface area contributed by atoms with Gasteiger partial charge >= 0.3 is 0 Å².